The van der Waals surface area contributed by atoms with Crippen molar-refractivity contribution >= 4 is 11.6 Å². The van der Waals surface area contributed by atoms with Gasteiger partial charge in [0.15, 0.2) is 0 Å². The van der Waals surface area contributed by atoms with E-state index in [1.54, 1.807) is 6.33 Å². The molecule has 4 nitrogen and oxygen atoms in total. The zero-order valence-corrected chi connectivity index (χ0v) is 13.4. The van der Waals surface area contributed by atoms with Gasteiger partial charge in [0, 0.05) is 25.2 Å². The molecule has 1 aliphatic heterocycles. The van der Waals surface area contributed by atoms with E-state index in [1.807, 2.05) is 0 Å². The molecule has 1 aromatic heterocycles. The molecule has 0 unspecified atom stereocenters. The lowest BCUT2D eigenvalue weighted by Crippen LogP contribution is -2.39. The standard InChI is InChI=1S/C16H28N4/c1-5-9-17-14-13(3)15(19-12-18-14)20-10-7-16(4,6-2)8-11-20/h12H,5-11H2,1-4H3,(H,17,18,19). The van der Waals surface area contributed by atoms with Gasteiger partial charge in [-0.15, -0.1) is 0 Å². The van der Waals surface area contributed by atoms with Crippen LogP contribution in [-0.4, -0.2) is 29.6 Å². The fourth-order valence-corrected chi connectivity index (χ4v) is 2.79. The minimum absolute atomic E-state index is 0.515. The monoisotopic (exact) mass is 276 g/mol. The van der Waals surface area contributed by atoms with Gasteiger partial charge in [0.25, 0.3) is 0 Å². The predicted molar refractivity (Wildman–Crippen MR) is 85.4 cm³/mol. The Morgan fingerprint density at radius 2 is 1.95 bits per heavy atom. The number of rotatable bonds is 5. The third-order valence-electron chi connectivity index (χ3n) is 4.72. The maximum atomic E-state index is 4.52. The normalized spacial score (nSPS) is 18.1. The molecule has 0 aromatic carbocycles. The summed E-state index contributed by atoms with van der Waals surface area (Å²) in [4.78, 5) is 11.3. The molecule has 20 heavy (non-hydrogen) atoms. The van der Waals surface area contributed by atoms with Crippen LogP contribution in [0.4, 0.5) is 11.6 Å². The van der Waals surface area contributed by atoms with Crippen molar-refractivity contribution in [1.29, 1.82) is 0 Å². The van der Waals surface area contributed by atoms with Crippen molar-refractivity contribution in [3.05, 3.63) is 11.9 Å². The highest BCUT2D eigenvalue weighted by atomic mass is 15.2. The smallest absolute Gasteiger partial charge is 0.137 e. The SMILES string of the molecule is CCCNc1ncnc(N2CCC(C)(CC)CC2)c1C. The van der Waals surface area contributed by atoms with E-state index in [9.17, 15) is 0 Å². The van der Waals surface area contributed by atoms with Gasteiger partial charge >= 0.3 is 0 Å². The van der Waals surface area contributed by atoms with Crippen molar-refractivity contribution in [2.75, 3.05) is 29.9 Å². The molecule has 1 aromatic rings. The molecular formula is C16H28N4. The summed E-state index contributed by atoms with van der Waals surface area (Å²) in [5, 5.41) is 3.39. The second kappa shape index (κ2) is 6.42. The van der Waals surface area contributed by atoms with Crippen LogP contribution in [0.1, 0.15) is 52.0 Å². The Balaban J connectivity index is 2.10. The van der Waals surface area contributed by atoms with Crippen LogP contribution in [0.25, 0.3) is 0 Å². The Hall–Kier alpha value is -1.32. The van der Waals surface area contributed by atoms with Crippen LogP contribution in [0, 0.1) is 12.3 Å². The van der Waals surface area contributed by atoms with Crippen molar-refractivity contribution in [1.82, 2.24) is 9.97 Å². The quantitative estimate of drug-likeness (QED) is 0.891. The number of piperidine rings is 1. The Morgan fingerprint density at radius 3 is 2.55 bits per heavy atom. The van der Waals surface area contributed by atoms with Gasteiger partial charge in [-0.25, -0.2) is 9.97 Å². The maximum Gasteiger partial charge on any atom is 0.137 e. The molecule has 1 saturated heterocycles. The molecule has 1 aliphatic rings. The summed E-state index contributed by atoms with van der Waals surface area (Å²) in [6, 6.07) is 0. The van der Waals surface area contributed by atoms with Crippen LogP contribution in [0.5, 0.6) is 0 Å². The summed E-state index contributed by atoms with van der Waals surface area (Å²) in [6.45, 7) is 12.2. The van der Waals surface area contributed by atoms with Gasteiger partial charge in [-0.1, -0.05) is 27.2 Å². The molecule has 0 radical (unpaired) electrons. The summed E-state index contributed by atoms with van der Waals surface area (Å²) in [7, 11) is 0. The van der Waals surface area contributed by atoms with Gasteiger partial charge in [0.1, 0.15) is 18.0 Å². The molecule has 2 rings (SSSR count). The lowest BCUT2D eigenvalue weighted by molar-refractivity contribution is 0.237. The highest BCUT2D eigenvalue weighted by Gasteiger charge is 2.29. The predicted octanol–water partition coefficient (Wildman–Crippen LogP) is 3.62. The average Bonchev–Trinajstić information content (AvgIpc) is 2.47. The van der Waals surface area contributed by atoms with Gasteiger partial charge < -0.3 is 10.2 Å². The molecule has 1 N–H and O–H groups in total. The van der Waals surface area contributed by atoms with E-state index >= 15 is 0 Å². The van der Waals surface area contributed by atoms with Gasteiger partial charge in [-0.3, -0.25) is 0 Å². The summed E-state index contributed by atoms with van der Waals surface area (Å²) in [5.74, 6) is 2.09. The molecule has 0 spiro atoms. The molecule has 4 heteroatoms. The Labute approximate surface area is 123 Å². The Kier molecular flexibility index (Phi) is 4.84. The number of nitrogens with one attached hydrogen (secondary N) is 1. The van der Waals surface area contributed by atoms with Gasteiger partial charge in [0.2, 0.25) is 0 Å². The maximum absolute atomic E-state index is 4.52. The highest BCUT2D eigenvalue weighted by molar-refractivity contribution is 5.58. The van der Waals surface area contributed by atoms with Gasteiger partial charge in [-0.2, -0.15) is 0 Å². The third kappa shape index (κ3) is 3.22. The summed E-state index contributed by atoms with van der Waals surface area (Å²) < 4.78 is 0. The van der Waals surface area contributed by atoms with Crippen molar-refractivity contribution in [3.8, 4) is 0 Å². The van der Waals surface area contributed by atoms with Crippen LogP contribution in [0.2, 0.25) is 0 Å². The van der Waals surface area contributed by atoms with E-state index < -0.39 is 0 Å². The third-order valence-corrected chi connectivity index (χ3v) is 4.72. The van der Waals surface area contributed by atoms with Crippen molar-refractivity contribution < 1.29 is 0 Å². The van der Waals surface area contributed by atoms with Crippen molar-refractivity contribution in [2.45, 2.75) is 53.4 Å². The van der Waals surface area contributed by atoms with E-state index in [-0.39, 0.29) is 0 Å². The first kappa shape index (κ1) is 15.1. The Bertz CT molecular complexity index is 436. The summed E-state index contributed by atoms with van der Waals surface area (Å²) in [5.41, 5.74) is 1.70. The molecule has 0 bridgehead atoms. The zero-order valence-electron chi connectivity index (χ0n) is 13.4. The number of hydrogen-bond donors (Lipinski definition) is 1. The number of anilines is 2. The largest absolute Gasteiger partial charge is 0.370 e. The van der Waals surface area contributed by atoms with Crippen LogP contribution in [-0.2, 0) is 0 Å². The molecule has 112 valence electrons. The lowest BCUT2D eigenvalue weighted by Gasteiger charge is -2.40. The Morgan fingerprint density at radius 1 is 1.25 bits per heavy atom. The van der Waals surface area contributed by atoms with Crippen LogP contribution in [0.3, 0.4) is 0 Å². The van der Waals surface area contributed by atoms with Crippen LogP contribution in [0.15, 0.2) is 6.33 Å². The lowest BCUT2D eigenvalue weighted by atomic mass is 9.78. The fourth-order valence-electron chi connectivity index (χ4n) is 2.79. The molecule has 2 heterocycles. The first-order valence-corrected chi connectivity index (χ1v) is 7.90. The second-order valence-corrected chi connectivity index (χ2v) is 6.25. The molecule has 0 saturated carbocycles. The molecule has 0 aliphatic carbocycles. The van der Waals surface area contributed by atoms with E-state index in [0.29, 0.717) is 5.41 Å². The van der Waals surface area contributed by atoms with Crippen molar-refractivity contribution in [2.24, 2.45) is 5.41 Å². The van der Waals surface area contributed by atoms with Crippen LogP contribution >= 0.6 is 0 Å². The second-order valence-electron chi connectivity index (χ2n) is 6.25. The zero-order chi connectivity index (χ0) is 14.6. The van der Waals surface area contributed by atoms with E-state index in [2.05, 4.69) is 47.9 Å². The molecule has 1 fully saturated rings. The number of nitrogens with zero attached hydrogens (tertiary/aromatic N) is 3. The summed E-state index contributed by atoms with van der Waals surface area (Å²) in [6.07, 6.45) is 6.58. The van der Waals surface area contributed by atoms with E-state index in [1.165, 1.54) is 24.8 Å². The first-order valence-electron chi connectivity index (χ1n) is 7.90. The molecule has 0 atom stereocenters. The average molecular weight is 276 g/mol. The minimum atomic E-state index is 0.515. The van der Waals surface area contributed by atoms with Crippen molar-refractivity contribution in [3.63, 3.8) is 0 Å². The van der Waals surface area contributed by atoms with Gasteiger partial charge in [0.05, 0.1) is 0 Å². The first-order chi connectivity index (χ1) is 9.59. The topological polar surface area (TPSA) is 41.1 Å². The minimum Gasteiger partial charge on any atom is -0.370 e. The van der Waals surface area contributed by atoms with Crippen LogP contribution < -0.4 is 10.2 Å². The van der Waals surface area contributed by atoms with E-state index in [4.69, 9.17) is 0 Å². The number of hydrogen-bond acceptors (Lipinski definition) is 4. The summed E-state index contributed by atoms with van der Waals surface area (Å²) >= 11 is 0. The van der Waals surface area contributed by atoms with E-state index in [0.717, 1.165) is 37.7 Å². The fraction of sp³-hybridized carbons (Fsp3) is 0.750. The highest BCUT2D eigenvalue weighted by Crippen LogP contribution is 2.36. The molecular weight excluding hydrogens is 248 g/mol. The number of aromatic nitrogens is 2. The molecule has 0 amide bonds. The van der Waals surface area contributed by atoms with Gasteiger partial charge in [-0.05, 0) is 31.6 Å².